The summed E-state index contributed by atoms with van der Waals surface area (Å²) in [4.78, 5) is 29.5. The molecule has 5 heteroatoms. The predicted molar refractivity (Wildman–Crippen MR) is 84.2 cm³/mol. The van der Waals surface area contributed by atoms with Crippen LogP contribution >= 0.6 is 0 Å². The molecule has 1 aromatic carbocycles. The molecule has 3 aromatic rings. The Balaban J connectivity index is 1.99. The second kappa shape index (κ2) is 4.66. The van der Waals surface area contributed by atoms with Crippen LogP contribution in [0.5, 0.6) is 0 Å². The molecular formula is C17H15N3O2. The molecule has 1 saturated carbocycles. The monoisotopic (exact) mass is 293 g/mol. The molecule has 0 unspecified atom stereocenters. The summed E-state index contributed by atoms with van der Waals surface area (Å²) in [6, 6.07) is 9.25. The van der Waals surface area contributed by atoms with Crippen molar-refractivity contribution < 1.29 is 4.79 Å². The fraction of sp³-hybridized carbons (Fsp3) is 0.235. The molecule has 0 aliphatic heterocycles. The normalized spacial score (nSPS) is 14.4. The minimum Gasteiger partial charge on any atom is -0.349 e. The van der Waals surface area contributed by atoms with Gasteiger partial charge in [0.2, 0.25) is 0 Å². The Morgan fingerprint density at radius 2 is 2.14 bits per heavy atom. The number of benzene rings is 1. The van der Waals surface area contributed by atoms with E-state index in [1.54, 1.807) is 18.3 Å². The van der Waals surface area contributed by atoms with Gasteiger partial charge in [-0.3, -0.25) is 14.0 Å². The number of fused-ring (bicyclic) bond motifs is 2. The number of carbonyl (C=O) groups excluding carboxylic acids is 1. The predicted octanol–water partition coefficient (Wildman–Crippen LogP) is 2.05. The van der Waals surface area contributed by atoms with Gasteiger partial charge in [-0.1, -0.05) is 11.6 Å². The molecule has 0 saturated heterocycles. The maximum atomic E-state index is 12.6. The van der Waals surface area contributed by atoms with Gasteiger partial charge in [-0.2, -0.15) is 0 Å². The van der Waals surface area contributed by atoms with E-state index in [-0.39, 0.29) is 17.5 Å². The molecule has 0 radical (unpaired) electrons. The van der Waals surface area contributed by atoms with Crippen molar-refractivity contribution in [3.05, 3.63) is 58.0 Å². The Labute approximate surface area is 126 Å². The molecule has 2 aromatic heterocycles. The number of aryl methyl sites for hydroxylation is 1. The largest absolute Gasteiger partial charge is 0.349 e. The summed E-state index contributed by atoms with van der Waals surface area (Å²) in [7, 11) is 0. The first-order valence-electron chi connectivity index (χ1n) is 7.36. The molecule has 5 nitrogen and oxygen atoms in total. The van der Waals surface area contributed by atoms with Crippen molar-refractivity contribution in [2.75, 3.05) is 0 Å². The number of rotatable bonds is 2. The van der Waals surface area contributed by atoms with E-state index in [4.69, 9.17) is 0 Å². The lowest BCUT2D eigenvalue weighted by Crippen LogP contribution is -2.27. The van der Waals surface area contributed by atoms with Crippen LogP contribution in [0, 0.1) is 6.92 Å². The smallest absolute Gasteiger partial charge is 0.265 e. The van der Waals surface area contributed by atoms with Crippen LogP contribution in [0.2, 0.25) is 0 Å². The molecule has 4 rings (SSSR count). The molecule has 110 valence electrons. The summed E-state index contributed by atoms with van der Waals surface area (Å²) >= 11 is 0. The fourth-order valence-electron chi connectivity index (χ4n) is 2.61. The molecule has 1 aliphatic carbocycles. The number of hydrogen-bond donors (Lipinski definition) is 1. The first-order chi connectivity index (χ1) is 10.6. The van der Waals surface area contributed by atoms with Crippen LogP contribution in [-0.2, 0) is 0 Å². The number of nitrogens with zero attached hydrogens (tertiary/aromatic N) is 2. The van der Waals surface area contributed by atoms with Crippen LogP contribution in [0.3, 0.4) is 0 Å². The number of amides is 1. The Morgan fingerprint density at radius 1 is 1.32 bits per heavy atom. The Bertz CT molecular complexity index is 971. The van der Waals surface area contributed by atoms with Gasteiger partial charge in [0.1, 0.15) is 0 Å². The van der Waals surface area contributed by atoms with Gasteiger partial charge in [0, 0.05) is 12.2 Å². The summed E-state index contributed by atoms with van der Waals surface area (Å²) < 4.78 is 1.45. The molecule has 1 aliphatic rings. The third-order valence-electron chi connectivity index (χ3n) is 3.95. The highest BCUT2D eigenvalue weighted by Gasteiger charge is 2.25. The van der Waals surface area contributed by atoms with Crippen molar-refractivity contribution in [3.63, 3.8) is 0 Å². The van der Waals surface area contributed by atoms with Crippen LogP contribution in [0.1, 0.15) is 28.8 Å². The molecule has 22 heavy (non-hydrogen) atoms. The van der Waals surface area contributed by atoms with Gasteiger partial charge in [0.25, 0.3) is 11.5 Å². The number of nitrogens with one attached hydrogen (secondary N) is 1. The summed E-state index contributed by atoms with van der Waals surface area (Å²) in [5.74, 6) is -0.168. The zero-order valence-corrected chi connectivity index (χ0v) is 12.2. The second-order valence-corrected chi connectivity index (χ2v) is 5.80. The van der Waals surface area contributed by atoms with Crippen LogP contribution in [0.25, 0.3) is 16.6 Å². The SMILES string of the molecule is Cc1ccc2nc3c(C(=O)NC4CC4)cccn3c(=O)c2c1. The van der Waals surface area contributed by atoms with Crippen molar-refractivity contribution in [1.82, 2.24) is 14.7 Å². The van der Waals surface area contributed by atoms with Crippen molar-refractivity contribution in [3.8, 4) is 0 Å². The zero-order chi connectivity index (χ0) is 15.3. The van der Waals surface area contributed by atoms with Crippen LogP contribution in [0.15, 0.2) is 41.3 Å². The first kappa shape index (κ1) is 13.0. The van der Waals surface area contributed by atoms with E-state index in [2.05, 4.69) is 10.3 Å². The molecular weight excluding hydrogens is 278 g/mol. The fourth-order valence-corrected chi connectivity index (χ4v) is 2.61. The molecule has 0 bridgehead atoms. The molecule has 1 N–H and O–H groups in total. The quantitative estimate of drug-likeness (QED) is 0.735. The van der Waals surface area contributed by atoms with E-state index in [1.165, 1.54) is 4.40 Å². The van der Waals surface area contributed by atoms with E-state index in [0.717, 1.165) is 18.4 Å². The standard InChI is InChI=1S/C17H15N3O2/c1-10-4-7-14-13(9-10)17(22)20-8-2-3-12(15(20)19-14)16(21)18-11-5-6-11/h2-4,7-9,11H,5-6H2,1H3,(H,18,21). The molecule has 1 fully saturated rings. The van der Waals surface area contributed by atoms with Gasteiger partial charge >= 0.3 is 0 Å². The van der Waals surface area contributed by atoms with Gasteiger partial charge in [0.05, 0.1) is 16.5 Å². The maximum Gasteiger partial charge on any atom is 0.265 e. The second-order valence-electron chi connectivity index (χ2n) is 5.80. The van der Waals surface area contributed by atoms with Gasteiger partial charge in [-0.05, 0) is 44.0 Å². The van der Waals surface area contributed by atoms with Gasteiger partial charge < -0.3 is 5.32 Å². The van der Waals surface area contributed by atoms with Crippen LogP contribution < -0.4 is 10.9 Å². The first-order valence-corrected chi connectivity index (χ1v) is 7.36. The highest BCUT2D eigenvalue weighted by molar-refractivity contribution is 6.00. The average molecular weight is 293 g/mol. The highest BCUT2D eigenvalue weighted by Crippen LogP contribution is 2.20. The Kier molecular flexibility index (Phi) is 2.76. The highest BCUT2D eigenvalue weighted by atomic mass is 16.2. The van der Waals surface area contributed by atoms with E-state index in [9.17, 15) is 9.59 Å². The Hall–Kier alpha value is -2.69. The number of hydrogen-bond acceptors (Lipinski definition) is 3. The Morgan fingerprint density at radius 3 is 2.91 bits per heavy atom. The molecule has 0 spiro atoms. The topological polar surface area (TPSA) is 63.5 Å². The number of aromatic nitrogens is 2. The van der Waals surface area contributed by atoms with Crippen molar-refractivity contribution in [1.29, 1.82) is 0 Å². The van der Waals surface area contributed by atoms with Crippen molar-refractivity contribution >= 4 is 22.5 Å². The van der Waals surface area contributed by atoms with Crippen LogP contribution in [-0.4, -0.2) is 21.3 Å². The number of carbonyl (C=O) groups is 1. The van der Waals surface area contributed by atoms with Crippen molar-refractivity contribution in [2.24, 2.45) is 0 Å². The third-order valence-corrected chi connectivity index (χ3v) is 3.95. The minimum absolute atomic E-state index is 0.148. The van der Waals surface area contributed by atoms with Crippen LogP contribution in [0.4, 0.5) is 0 Å². The van der Waals surface area contributed by atoms with Gasteiger partial charge in [-0.15, -0.1) is 0 Å². The van der Waals surface area contributed by atoms with Gasteiger partial charge in [0.15, 0.2) is 5.65 Å². The minimum atomic E-state index is -0.168. The third kappa shape index (κ3) is 2.06. The lowest BCUT2D eigenvalue weighted by molar-refractivity contribution is 0.0952. The van der Waals surface area contributed by atoms with E-state index in [1.807, 2.05) is 25.1 Å². The van der Waals surface area contributed by atoms with Gasteiger partial charge in [-0.25, -0.2) is 4.98 Å². The van der Waals surface area contributed by atoms with E-state index in [0.29, 0.717) is 22.1 Å². The number of pyridine rings is 1. The summed E-state index contributed by atoms with van der Waals surface area (Å²) in [5, 5.41) is 3.51. The zero-order valence-electron chi connectivity index (χ0n) is 12.2. The molecule has 0 atom stereocenters. The lowest BCUT2D eigenvalue weighted by Gasteiger charge is -2.09. The van der Waals surface area contributed by atoms with E-state index < -0.39 is 0 Å². The molecule has 1 amide bonds. The molecule has 2 heterocycles. The average Bonchev–Trinajstić information content (AvgIpc) is 3.32. The van der Waals surface area contributed by atoms with Crippen molar-refractivity contribution in [2.45, 2.75) is 25.8 Å². The van der Waals surface area contributed by atoms with E-state index >= 15 is 0 Å². The maximum absolute atomic E-state index is 12.6. The lowest BCUT2D eigenvalue weighted by atomic mass is 10.1. The summed E-state index contributed by atoms with van der Waals surface area (Å²) in [5.41, 5.74) is 2.32. The summed E-state index contributed by atoms with van der Waals surface area (Å²) in [6.45, 7) is 1.94. The summed E-state index contributed by atoms with van der Waals surface area (Å²) in [6.07, 6.45) is 3.69.